The van der Waals surface area contributed by atoms with Crippen LogP contribution in [0.2, 0.25) is 0 Å². The number of aliphatic hydroxyl groups excluding tert-OH is 1. The number of hydrogen-bond acceptors (Lipinski definition) is 5. The van der Waals surface area contributed by atoms with Crippen molar-refractivity contribution < 1.29 is 24.1 Å². The Balaban J connectivity index is 2.32. The molecule has 0 aliphatic carbocycles. The molecule has 2 aromatic carbocycles. The van der Waals surface area contributed by atoms with Crippen LogP contribution in [-0.4, -0.2) is 56.9 Å². The van der Waals surface area contributed by atoms with E-state index in [1.165, 1.54) is 21.3 Å². The maximum atomic E-state index is 13.2. The molecule has 0 atom stereocenters. The van der Waals surface area contributed by atoms with E-state index in [0.717, 1.165) is 11.1 Å². The molecule has 1 N–H and O–H groups in total. The van der Waals surface area contributed by atoms with E-state index in [-0.39, 0.29) is 12.5 Å². The van der Waals surface area contributed by atoms with E-state index in [2.05, 4.69) is 6.08 Å². The predicted molar refractivity (Wildman–Crippen MR) is 114 cm³/mol. The van der Waals surface area contributed by atoms with Crippen molar-refractivity contribution in [2.75, 3.05) is 41.0 Å². The largest absolute Gasteiger partial charge is 0.493 e. The maximum Gasteiger partial charge on any atom is 0.254 e. The van der Waals surface area contributed by atoms with Crippen LogP contribution in [0.1, 0.15) is 29.3 Å². The Morgan fingerprint density at radius 1 is 1.03 bits per heavy atom. The lowest BCUT2D eigenvalue weighted by molar-refractivity contribution is 0.0759. The van der Waals surface area contributed by atoms with E-state index in [1.54, 1.807) is 17.0 Å². The SMILES string of the molecule is COc1cc(C(=O)N(CCCO)CC(C)=Cc2ccccc2)cc(OC)c1OC. The topological polar surface area (TPSA) is 68.2 Å². The highest BCUT2D eigenvalue weighted by Crippen LogP contribution is 2.38. The van der Waals surface area contributed by atoms with Crippen LogP contribution in [0.25, 0.3) is 6.08 Å². The predicted octanol–water partition coefficient (Wildman–Crippen LogP) is 3.64. The van der Waals surface area contributed by atoms with Crippen LogP contribution < -0.4 is 14.2 Å². The second-order valence-electron chi connectivity index (χ2n) is 6.62. The normalized spacial score (nSPS) is 11.1. The minimum absolute atomic E-state index is 0.0144. The first-order valence-corrected chi connectivity index (χ1v) is 9.46. The Hall–Kier alpha value is -2.99. The maximum absolute atomic E-state index is 13.2. The number of aliphatic hydroxyl groups is 1. The molecule has 6 nitrogen and oxygen atoms in total. The number of nitrogens with zero attached hydrogens (tertiary/aromatic N) is 1. The fourth-order valence-electron chi connectivity index (χ4n) is 3.08. The number of benzene rings is 2. The lowest BCUT2D eigenvalue weighted by atomic mass is 10.1. The number of carbonyl (C=O) groups excluding carboxylic acids is 1. The molecule has 6 heteroatoms. The van der Waals surface area contributed by atoms with Crippen molar-refractivity contribution in [2.24, 2.45) is 0 Å². The summed E-state index contributed by atoms with van der Waals surface area (Å²) < 4.78 is 16.1. The zero-order valence-corrected chi connectivity index (χ0v) is 17.5. The number of hydrogen-bond donors (Lipinski definition) is 1. The Kier molecular flexibility index (Phi) is 8.55. The smallest absolute Gasteiger partial charge is 0.254 e. The quantitative estimate of drug-likeness (QED) is 0.661. The van der Waals surface area contributed by atoms with Gasteiger partial charge in [0.05, 0.1) is 21.3 Å². The van der Waals surface area contributed by atoms with Crippen molar-refractivity contribution in [1.82, 2.24) is 4.90 Å². The zero-order chi connectivity index (χ0) is 21.2. The highest BCUT2D eigenvalue weighted by Gasteiger charge is 2.21. The Labute approximate surface area is 172 Å². The summed E-state index contributed by atoms with van der Waals surface area (Å²) in [5, 5.41) is 9.26. The van der Waals surface area contributed by atoms with E-state index in [4.69, 9.17) is 14.2 Å². The first kappa shape index (κ1) is 22.3. The third-order valence-corrected chi connectivity index (χ3v) is 4.44. The van der Waals surface area contributed by atoms with E-state index in [0.29, 0.717) is 42.3 Å². The first-order valence-electron chi connectivity index (χ1n) is 9.46. The molecule has 0 aliphatic heterocycles. The summed E-state index contributed by atoms with van der Waals surface area (Å²) in [6.45, 7) is 2.89. The summed E-state index contributed by atoms with van der Waals surface area (Å²) in [4.78, 5) is 15.0. The van der Waals surface area contributed by atoms with Gasteiger partial charge in [-0.2, -0.15) is 0 Å². The molecule has 0 saturated heterocycles. The summed E-state index contributed by atoms with van der Waals surface area (Å²) in [5.41, 5.74) is 2.55. The van der Waals surface area contributed by atoms with Crippen LogP contribution in [-0.2, 0) is 0 Å². The third-order valence-electron chi connectivity index (χ3n) is 4.44. The van der Waals surface area contributed by atoms with E-state index in [1.807, 2.05) is 37.3 Å². The molecular formula is C23H29NO5. The second kappa shape index (κ2) is 11.1. The molecule has 0 saturated carbocycles. The number of carbonyl (C=O) groups is 1. The van der Waals surface area contributed by atoms with Gasteiger partial charge in [-0.3, -0.25) is 4.79 Å². The molecule has 0 bridgehead atoms. The van der Waals surface area contributed by atoms with Gasteiger partial charge in [0.1, 0.15) is 0 Å². The van der Waals surface area contributed by atoms with Crippen molar-refractivity contribution in [2.45, 2.75) is 13.3 Å². The third kappa shape index (κ3) is 5.99. The molecule has 0 aliphatic rings. The zero-order valence-electron chi connectivity index (χ0n) is 17.5. The molecule has 29 heavy (non-hydrogen) atoms. The summed E-state index contributed by atoms with van der Waals surface area (Å²) >= 11 is 0. The molecule has 0 spiro atoms. The minimum atomic E-state index is -0.168. The van der Waals surface area contributed by atoms with E-state index < -0.39 is 0 Å². The van der Waals surface area contributed by atoms with Gasteiger partial charge in [-0.15, -0.1) is 0 Å². The van der Waals surface area contributed by atoms with Crippen molar-refractivity contribution in [1.29, 1.82) is 0 Å². The van der Waals surface area contributed by atoms with Crippen LogP contribution in [0.4, 0.5) is 0 Å². The van der Waals surface area contributed by atoms with Gasteiger partial charge >= 0.3 is 0 Å². The second-order valence-corrected chi connectivity index (χ2v) is 6.62. The van der Waals surface area contributed by atoms with Gasteiger partial charge in [0.2, 0.25) is 5.75 Å². The Morgan fingerprint density at radius 3 is 2.17 bits per heavy atom. The van der Waals surface area contributed by atoms with Crippen LogP contribution in [0, 0.1) is 0 Å². The summed E-state index contributed by atoms with van der Waals surface area (Å²) in [6, 6.07) is 13.2. The van der Waals surface area contributed by atoms with Crippen molar-refractivity contribution >= 4 is 12.0 Å². The van der Waals surface area contributed by atoms with Crippen molar-refractivity contribution in [3.8, 4) is 17.2 Å². The highest BCUT2D eigenvalue weighted by atomic mass is 16.5. The first-order chi connectivity index (χ1) is 14.0. The van der Waals surface area contributed by atoms with Crippen molar-refractivity contribution in [3.63, 3.8) is 0 Å². The molecule has 0 radical (unpaired) electrons. The van der Waals surface area contributed by atoms with Gasteiger partial charge < -0.3 is 24.2 Å². The lowest BCUT2D eigenvalue weighted by Gasteiger charge is -2.24. The average molecular weight is 399 g/mol. The number of methoxy groups -OCH3 is 3. The average Bonchev–Trinajstić information content (AvgIpc) is 2.75. The van der Waals surface area contributed by atoms with Gasteiger partial charge in [-0.1, -0.05) is 42.0 Å². The number of amides is 1. The van der Waals surface area contributed by atoms with Gasteiger partial charge in [0.15, 0.2) is 11.5 Å². The van der Waals surface area contributed by atoms with Gasteiger partial charge in [-0.25, -0.2) is 0 Å². The summed E-state index contributed by atoms with van der Waals surface area (Å²) in [5.74, 6) is 1.12. The van der Waals surface area contributed by atoms with Gasteiger partial charge in [-0.05, 0) is 31.0 Å². The van der Waals surface area contributed by atoms with Gasteiger partial charge in [0, 0.05) is 25.3 Å². The van der Waals surface area contributed by atoms with E-state index in [9.17, 15) is 9.90 Å². The molecular weight excluding hydrogens is 370 g/mol. The van der Waals surface area contributed by atoms with Crippen LogP contribution in [0.15, 0.2) is 48.0 Å². The summed E-state index contributed by atoms with van der Waals surface area (Å²) in [6.07, 6.45) is 2.54. The molecule has 1 amide bonds. The Morgan fingerprint density at radius 2 is 1.66 bits per heavy atom. The van der Waals surface area contributed by atoms with Gasteiger partial charge in [0.25, 0.3) is 5.91 Å². The molecule has 156 valence electrons. The molecule has 2 aromatic rings. The minimum Gasteiger partial charge on any atom is -0.493 e. The lowest BCUT2D eigenvalue weighted by Crippen LogP contribution is -2.34. The summed E-state index contributed by atoms with van der Waals surface area (Å²) in [7, 11) is 4.55. The molecule has 0 fully saturated rings. The monoisotopic (exact) mass is 399 g/mol. The molecule has 0 aromatic heterocycles. The number of rotatable bonds is 10. The fraction of sp³-hybridized carbons (Fsp3) is 0.348. The Bertz CT molecular complexity index is 807. The van der Waals surface area contributed by atoms with Crippen LogP contribution in [0.3, 0.4) is 0 Å². The fourth-order valence-corrected chi connectivity index (χ4v) is 3.08. The van der Waals surface area contributed by atoms with E-state index >= 15 is 0 Å². The highest BCUT2D eigenvalue weighted by molar-refractivity contribution is 5.96. The van der Waals surface area contributed by atoms with Crippen LogP contribution in [0.5, 0.6) is 17.2 Å². The molecule has 0 unspecified atom stereocenters. The standard InChI is InChI=1S/C23H29NO5/c1-17(13-18-9-6-5-7-10-18)16-24(11-8-12-25)23(26)19-14-20(27-2)22(29-4)21(15-19)28-3/h5-7,9-10,13-15,25H,8,11-12,16H2,1-4H3. The molecule has 2 rings (SSSR count). The van der Waals surface area contributed by atoms with Crippen molar-refractivity contribution in [3.05, 3.63) is 59.2 Å². The molecule has 0 heterocycles. The van der Waals surface area contributed by atoms with Crippen LogP contribution >= 0.6 is 0 Å². The number of ether oxygens (including phenoxy) is 3.